The molecule has 5 nitrogen and oxygen atoms in total. The molecule has 22 heavy (non-hydrogen) atoms. The number of benzene rings is 1. The molecule has 0 radical (unpaired) electrons. The quantitative estimate of drug-likeness (QED) is 0.896. The van der Waals surface area contributed by atoms with Crippen molar-refractivity contribution in [2.24, 2.45) is 0 Å². The predicted octanol–water partition coefficient (Wildman–Crippen LogP) is 3.61. The van der Waals surface area contributed by atoms with Crippen molar-refractivity contribution in [2.75, 3.05) is 11.6 Å². The van der Waals surface area contributed by atoms with E-state index in [0.29, 0.717) is 16.2 Å². The van der Waals surface area contributed by atoms with Crippen LogP contribution < -0.4 is 10.6 Å². The summed E-state index contributed by atoms with van der Waals surface area (Å²) in [5.41, 5.74) is 0.950. The second-order valence-corrected chi connectivity index (χ2v) is 7.15. The van der Waals surface area contributed by atoms with Gasteiger partial charge in [-0.3, -0.25) is 5.32 Å². The first kappa shape index (κ1) is 15.3. The van der Waals surface area contributed by atoms with E-state index >= 15 is 0 Å². The zero-order valence-electron chi connectivity index (χ0n) is 12.3. The molecule has 0 spiro atoms. The number of hydrogen-bond donors (Lipinski definition) is 2. The minimum atomic E-state index is -0.192. The highest BCUT2D eigenvalue weighted by atomic mass is 32.2. The fourth-order valence-electron chi connectivity index (χ4n) is 2.58. The van der Waals surface area contributed by atoms with Crippen LogP contribution in [0.15, 0.2) is 30.3 Å². The van der Waals surface area contributed by atoms with Gasteiger partial charge in [0.1, 0.15) is 0 Å². The van der Waals surface area contributed by atoms with Crippen LogP contribution in [0.2, 0.25) is 0 Å². The largest absolute Gasteiger partial charge is 0.335 e. The lowest BCUT2D eigenvalue weighted by molar-refractivity contribution is 0.248. The Hall–Kier alpha value is -1.60. The molecule has 1 aliphatic rings. The third-order valence-corrected chi connectivity index (χ3v) is 5.46. The minimum Gasteiger partial charge on any atom is -0.335 e. The fraction of sp³-hybridized carbons (Fsp3) is 0.400. The lowest BCUT2D eigenvalue weighted by Gasteiger charge is -2.12. The molecule has 7 heteroatoms. The van der Waals surface area contributed by atoms with Gasteiger partial charge in [0.25, 0.3) is 0 Å². The van der Waals surface area contributed by atoms with E-state index in [-0.39, 0.29) is 12.1 Å². The summed E-state index contributed by atoms with van der Waals surface area (Å²) in [6.07, 6.45) is 5.38. The predicted molar refractivity (Wildman–Crippen MR) is 92.4 cm³/mol. The molecule has 2 N–H and O–H groups in total. The summed E-state index contributed by atoms with van der Waals surface area (Å²) >= 11 is 3.07. The number of carbonyl (C=O) groups is 1. The molecule has 0 unspecified atom stereocenters. The van der Waals surface area contributed by atoms with Crippen molar-refractivity contribution >= 4 is 34.5 Å². The van der Waals surface area contributed by atoms with E-state index in [0.717, 1.165) is 18.4 Å². The first-order valence-electron chi connectivity index (χ1n) is 7.24. The number of nitrogens with one attached hydrogen (secondary N) is 2. The van der Waals surface area contributed by atoms with Crippen LogP contribution in [-0.4, -0.2) is 32.9 Å². The van der Waals surface area contributed by atoms with Crippen LogP contribution in [0.25, 0.3) is 11.4 Å². The normalized spacial score (nSPS) is 20.8. The van der Waals surface area contributed by atoms with Gasteiger partial charge in [-0.2, -0.15) is 21.1 Å². The standard InChI is InChI=1S/C15H18N4OS2/c1-21-12-8-7-11(9-12)16-14(20)18-15-17-13(19-22-15)10-5-3-2-4-6-10/h2-6,11-12H,7-9H2,1H3,(H2,16,17,18,19,20)/t11-,12+/m1/s1. The summed E-state index contributed by atoms with van der Waals surface area (Å²) in [6, 6.07) is 9.81. The Bertz CT molecular complexity index is 631. The smallest absolute Gasteiger partial charge is 0.321 e. The summed E-state index contributed by atoms with van der Waals surface area (Å²) in [5.74, 6) is 0.643. The molecular formula is C15H18N4OS2. The SMILES string of the molecule is CS[C@H]1CC[C@@H](NC(=O)Nc2nc(-c3ccccc3)ns2)C1. The molecular weight excluding hydrogens is 316 g/mol. The van der Waals surface area contributed by atoms with Gasteiger partial charge in [-0.25, -0.2) is 4.79 Å². The molecule has 1 saturated carbocycles. The lowest BCUT2D eigenvalue weighted by Crippen LogP contribution is -2.36. The molecule has 0 aliphatic heterocycles. The maximum absolute atomic E-state index is 12.0. The van der Waals surface area contributed by atoms with Gasteiger partial charge in [-0.1, -0.05) is 30.3 Å². The molecule has 1 fully saturated rings. The Morgan fingerprint density at radius 3 is 2.86 bits per heavy atom. The van der Waals surface area contributed by atoms with Crippen molar-refractivity contribution in [1.29, 1.82) is 0 Å². The number of nitrogens with zero attached hydrogens (tertiary/aromatic N) is 2. The van der Waals surface area contributed by atoms with E-state index in [4.69, 9.17) is 0 Å². The average molecular weight is 334 g/mol. The first-order valence-corrected chi connectivity index (χ1v) is 9.30. The van der Waals surface area contributed by atoms with Crippen LogP contribution >= 0.6 is 23.3 Å². The van der Waals surface area contributed by atoms with Gasteiger partial charge in [-0.05, 0) is 25.5 Å². The third kappa shape index (κ3) is 3.78. The Morgan fingerprint density at radius 2 is 2.14 bits per heavy atom. The average Bonchev–Trinajstić information content (AvgIpc) is 3.17. The van der Waals surface area contributed by atoms with E-state index in [1.165, 1.54) is 18.0 Å². The van der Waals surface area contributed by atoms with Gasteiger partial charge in [0.05, 0.1) is 0 Å². The van der Waals surface area contributed by atoms with Crippen molar-refractivity contribution in [3.8, 4) is 11.4 Å². The van der Waals surface area contributed by atoms with E-state index < -0.39 is 0 Å². The van der Waals surface area contributed by atoms with Crippen molar-refractivity contribution in [3.05, 3.63) is 30.3 Å². The van der Waals surface area contributed by atoms with Crippen molar-refractivity contribution in [1.82, 2.24) is 14.7 Å². The molecule has 3 rings (SSSR count). The Morgan fingerprint density at radius 1 is 1.32 bits per heavy atom. The summed E-state index contributed by atoms with van der Waals surface area (Å²) in [7, 11) is 0. The molecule has 0 saturated heterocycles. The number of hydrogen-bond acceptors (Lipinski definition) is 5. The van der Waals surface area contributed by atoms with Crippen LogP contribution in [0.4, 0.5) is 9.93 Å². The molecule has 1 heterocycles. The van der Waals surface area contributed by atoms with E-state index in [2.05, 4.69) is 26.2 Å². The van der Waals surface area contributed by atoms with Crippen molar-refractivity contribution in [2.45, 2.75) is 30.6 Å². The van der Waals surface area contributed by atoms with Gasteiger partial charge in [0.2, 0.25) is 5.13 Å². The molecule has 2 aromatic rings. The molecule has 1 aromatic carbocycles. The van der Waals surface area contributed by atoms with Crippen LogP contribution in [0.1, 0.15) is 19.3 Å². The highest BCUT2D eigenvalue weighted by Gasteiger charge is 2.25. The van der Waals surface area contributed by atoms with Crippen LogP contribution in [0.5, 0.6) is 0 Å². The van der Waals surface area contributed by atoms with Crippen molar-refractivity contribution < 1.29 is 4.79 Å². The van der Waals surface area contributed by atoms with Gasteiger partial charge < -0.3 is 5.32 Å². The summed E-state index contributed by atoms with van der Waals surface area (Å²) in [4.78, 5) is 16.4. The molecule has 1 aromatic heterocycles. The number of aromatic nitrogens is 2. The summed E-state index contributed by atoms with van der Waals surface area (Å²) in [5, 5.41) is 6.98. The van der Waals surface area contributed by atoms with Gasteiger partial charge in [-0.15, -0.1) is 0 Å². The molecule has 116 valence electrons. The summed E-state index contributed by atoms with van der Waals surface area (Å²) < 4.78 is 4.28. The van der Waals surface area contributed by atoms with Crippen LogP contribution in [0.3, 0.4) is 0 Å². The highest BCUT2D eigenvalue weighted by Crippen LogP contribution is 2.28. The highest BCUT2D eigenvalue weighted by molar-refractivity contribution is 7.99. The fourth-order valence-corrected chi connectivity index (χ4v) is 3.96. The number of amides is 2. The Kier molecular flexibility index (Phi) is 4.94. The third-order valence-electron chi connectivity index (χ3n) is 3.73. The van der Waals surface area contributed by atoms with E-state index in [1.807, 2.05) is 42.1 Å². The monoisotopic (exact) mass is 334 g/mol. The lowest BCUT2D eigenvalue weighted by atomic mass is 10.2. The molecule has 1 aliphatic carbocycles. The van der Waals surface area contributed by atoms with E-state index in [9.17, 15) is 4.79 Å². The van der Waals surface area contributed by atoms with Crippen LogP contribution in [0, 0.1) is 0 Å². The number of rotatable bonds is 4. The maximum Gasteiger partial charge on any atom is 0.321 e. The maximum atomic E-state index is 12.0. The van der Waals surface area contributed by atoms with Gasteiger partial charge in [0.15, 0.2) is 5.82 Å². The zero-order chi connectivity index (χ0) is 15.4. The van der Waals surface area contributed by atoms with Crippen molar-refractivity contribution in [3.63, 3.8) is 0 Å². The number of carbonyl (C=O) groups excluding carboxylic acids is 1. The van der Waals surface area contributed by atoms with Gasteiger partial charge in [0, 0.05) is 28.4 Å². The second-order valence-electron chi connectivity index (χ2n) is 5.26. The molecule has 2 amide bonds. The first-order chi connectivity index (χ1) is 10.7. The Balaban J connectivity index is 1.55. The zero-order valence-corrected chi connectivity index (χ0v) is 13.9. The summed E-state index contributed by atoms with van der Waals surface area (Å²) in [6.45, 7) is 0. The molecule has 0 bridgehead atoms. The number of urea groups is 1. The number of anilines is 1. The topological polar surface area (TPSA) is 66.9 Å². The Labute approximate surface area is 138 Å². The minimum absolute atomic E-state index is 0.192. The van der Waals surface area contributed by atoms with Crippen LogP contribution in [-0.2, 0) is 0 Å². The number of thioether (sulfide) groups is 1. The van der Waals surface area contributed by atoms with E-state index in [1.54, 1.807) is 0 Å². The van der Waals surface area contributed by atoms with Gasteiger partial charge >= 0.3 is 6.03 Å². The second kappa shape index (κ2) is 7.11. The molecule has 2 atom stereocenters.